The Labute approximate surface area is 111 Å². The quantitative estimate of drug-likeness (QED) is 0.415. The van der Waals surface area contributed by atoms with Crippen molar-refractivity contribution in [2.24, 2.45) is 0 Å². The van der Waals surface area contributed by atoms with Gasteiger partial charge < -0.3 is 4.18 Å². The Morgan fingerprint density at radius 2 is 1.71 bits per heavy atom. The molecule has 0 N–H and O–H groups in total. The second-order valence-corrected chi connectivity index (χ2v) is 10.8. The molecule has 1 rings (SSSR count). The van der Waals surface area contributed by atoms with E-state index in [0.717, 1.165) is 5.56 Å². The predicted octanol–water partition coefficient (Wildman–Crippen LogP) is 2.86. The Bertz CT molecular complexity index is 397. The molecule has 0 spiro atoms. The van der Waals surface area contributed by atoms with E-state index < -0.39 is 11.4 Å². The number of halogens is 2. The molecule has 0 saturated heterocycles. The topological polar surface area (TPSA) is 43.4 Å². The van der Waals surface area contributed by atoms with Crippen LogP contribution in [-0.2, 0) is 10.1 Å². The van der Waals surface area contributed by atoms with E-state index in [-0.39, 0.29) is 0 Å². The highest BCUT2D eigenvalue weighted by Gasteiger charge is 2.21. The number of hydrogen-bond donors (Lipinski definition) is 0. The normalized spacial score (nSPS) is 11.7. The molecule has 1 aromatic rings. The fraction of sp³-hybridized carbons (Fsp3) is 0.250. The number of hydrogen-bond acceptors (Lipinski definition) is 3. The Kier molecular flexibility index (Phi) is 4.44. The molecule has 78 valence electrons. The molecule has 0 aliphatic carbocycles. The molecule has 0 heterocycles. The first-order valence-corrected chi connectivity index (χ1v) is 7.66. The van der Waals surface area contributed by atoms with Crippen LogP contribution < -0.4 is 4.18 Å². The van der Waals surface area contributed by atoms with Crippen LogP contribution in [0.3, 0.4) is 0 Å². The van der Waals surface area contributed by atoms with Crippen molar-refractivity contribution >= 4 is 55.3 Å². The van der Waals surface area contributed by atoms with Gasteiger partial charge in [-0.1, -0.05) is 17.7 Å². The third kappa shape index (κ3) is 3.54. The Balaban J connectivity index is 2.85. The summed E-state index contributed by atoms with van der Waals surface area (Å²) in [6.07, 6.45) is 0. The minimum Gasteiger partial charge on any atom is -0.381 e. The average molecular weight is 438 g/mol. The first kappa shape index (κ1) is 12.5. The van der Waals surface area contributed by atoms with Gasteiger partial charge in [-0.25, -0.2) is 0 Å². The minimum absolute atomic E-state index is 0.355. The van der Waals surface area contributed by atoms with Gasteiger partial charge in [-0.15, -0.1) is 0 Å². The summed E-state index contributed by atoms with van der Waals surface area (Å²) in [6, 6.07) is 6.89. The zero-order valence-electron chi connectivity index (χ0n) is 7.28. The SMILES string of the molecule is Cc1ccc(OS(=O)(=O)C(I)I)cc1. The molecule has 0 aliphatic heterocycles. The monoisotopic (exact) mass is 438 g/mol. The molecule has 0 unspecified atom stereocenters. The van der Waals surface area contributed by atoms with Crippen LogP contribution in [0.5, 0.6) is 5.75 Å². The second-order valence-electron chi connectivity index (χ2n) is 2.65. The summed E-state index contributed by atoms with van der Waals surface area (Å²) in [4.78, 5) is 0. The van der Waals surface area contributed by atoms with Crippen LogP contribution >= 0.6 is 45.2 Å². The molecule has 1 aromatic carbocycles. The molecular weight excluding hydrogens is 430 g/mol. The van der Waals surface area contributed by atoms with E-state index >= 15 is 0 Å². The van der Waals surface area contributed by atoms with Crippen LogP contribution in [0, 0.1) is 6.92 Å². The highest BCUT2D eigenvalue weighted by Crippen LogP contribution is 2.22. The fourth-order valence-electron chi connectivity index (χ4n) is 0.764. The summed E-state index contributed by atoms with van der Waals surface area (Å²) in [5, 5.41) is 0. The van der Waals surface area contributed by atoms with Gasteiger partial charge in [0.25, 0.3) is 0 Å². The lowest BCUT2D eigenvalue weighted by molar-refractivity contribution is 0.491. The van der Waals surface area contributed by atoms with Gasteiger partial charge in [0.1, 0.15) is 5.75 Å². The number of alkyl halides is 2. The molecule has 14 heavy (non-hydrogen) atoms. The van der Waals surface area contributed by atoms with Gasteiger partial charge >= 0.3 is 10.1 Å². The third-order valence-electron chi connectivity index (χ3n) is 1.45. The van der Waals surface area contributed by atoms with Crippen molar-refractivity contribution in [3.63, 3.8) is 0 Å². The standard InChI is InChI=1S/C8H8I2O3S/c1-6-2-4-7(5-3-6)13-14(11,12)8(9)10/h2-5,8H,1H3. The summed E-state index contributed by atoms with van der Waals surface area (Å²) >= 11 is 3.58. The van der Waals surface area contributed by atoms with Crippen LogP contribution in [0.25, 0.3) is 0 Å². The largest absolute Gasteiger partial charge is 0.381 e. The van der Waals surface area contributed by atoms with E-state index in [9.17, 15) is 8.42 Å². The Hall–Kier alpha value is 0.430. The van der Waals surface area contributed by atoms with Crippen molar-refractivity contribution in [2.75, 3.05) is 0 Å². The second kappa shape index (κ2) is 4.97. The fourth-order valence-corrected chi connectivity index (χ4v) is 1.84. The van der Waals surface area contributed by atoms with Crippen LogP contribution in [0.15, 0.2) is 24.3 Å². The first-order valence-electron chi connectivity index (χ1n) is 3.70. The van der Waals surface area contributed by atoms with Gasteiger partial charge in [-0.2, -0.15) is 8.42 Å². The summed E-state index contributed by atoms with van der Waals surface area (Å²) in [7, 11) is -3.49. The molecule has 3 nitrogen and oxygen atoms in total. The molecule has 0 aromatic heterocycles. The van der Waals surface area contributed by atoms with Gasteiger partial charge in [-0.3, -0.25) is 0 Å². The molecular formula is C8H8I2O3S. The number of rotatable bonds is 3. The van der Waals surface area contributed by atoms with Gasteiger partial charge in [0, 0.05) is 0 Å². The van der Waals surface area contributed by atoms with E-state index in [2.05, 4.69) is 0 Å². The molecule has 6 heteroatoms. The first-order chi connectivity index (χ1) is 6.42. The van der Waals surface area contributed by atoms with Crippen molar-refractivity contribution in [1.29, 1.82) is 0 Å². The maximum atomic E-state index is 11.3. The zero-order valence-corrected chi connectivity index (χ0v) is 12.4. The lowest BCUT2D eigenvalue weighted by atomic mass is 10.2. The Morgan fingerprint density at radius 1 is 1.21 bits per heavy atom. The zero-order chi connectivity index (χ0) is 10.8. The Morgan fingerprint density at radius 3 is 2.14 bits per heavy atom. The van der Waals surface area contributed by atoms with E-state index in [0.29, 0.717) is 5.75 Å². The number of aryl methyl sites for hydroxylation is 1. The van der Waals surface area contributed by atoms with E-state index in [1.54, 1.807) is 69.4 Å². The van der Waals surface area contributed by atoms with Crippen molar-refractivity contribution in [1.82, 2.24) is 0 Å². The van der Waals surface area contributed by atoms with Gasteiger partial charge in [0.2, 0.25) is 0 Å². The van der Waals surface area contributed by atoms with E-state index in [4.69, 9.17) is 4.18 Å². The van der Waals surface area contributed by atoms with Crippen LogP contribution in [0.4, 0.5) is 0 Å². The average Bonchev–Trinajstić information content (AvgIpc) is 2.08. The maximum absolute atomic E-state index is 11.3. The lowest BCUT2D eigenvalue weighted by Crippen LogP contribution is -2.15. The molecule has 0 aliphatic rings. The molecule has 0 bridgehead atoms. The van der Waals surface area contributed by atoms with Crippen molar-refractivity contribution in [3.05, 3.63) is 29.8 Å². The highest BCUT2D eigenvalue weighted by atomic mass is 127. The smallest absolute Gasteiger partial charge is 0.330 e. The molecule has 0 saturated carbocycles. The van der Waals surface area contributed by atoms with Gasteiger partial charge in [0.05, 0.1) is 0 Å². The molecule has 0 radical (unpaired) electrons. The van der Waals surface area contributed by atoms with Crippen LogP contribution in [0.1, 0.15) is 5.56 Å². The minimum atomic E-state index is -3.49. The summed E-state index contributed by atoms with van der Waals surface area (Å²) in [5.74, 6) is 0.355. The van der Waals surface area contributed by atoms with Gasteiger partial charge in [-0.05, 0) is 64.2 Å². The summed E-state index contributed by atoms with van der Waals surface area (Å²) < 4.78 is 27.0. The van der Waals surface area contributed by atoms with Crippen LogP contribution in [-0.4, -0.2) is 9.68 Å². The van der Waals surface area contributed by atoms with Crippen molar-refractivity contribution in [3.8, 4) is 5.75 Å². The lowest BCUT2D eigenvalue weighted by Gasteiger charge is -2.07. The maximum Gasteiger partial charge on any atom is 0.330 e. The highest BCUT2D eigenvalue weighted by molar-refractivity contribution is 14.2. The van der Waals surface area contributed by atoms with Crippen molar-refractivity contribution in [2.45, 2.75) is 8.19 Å². The van der Waals surface area contributed by atoms with E-state index in [1.807, 2.05) is 6.92 Å². The van der Waals surface area contributed by atoms with Crippen LogP contribution in [0.2, 0.25) is 0 Å². The van der Waals surface area contributed by atoms with Gasteiger partial charge in [0.15, 0.2) is 1.26 Å². The number of benzene rings is 1. The summed E-state index contributed by atoms with van der Waals surface area (Å²) in [5.41, 5.74) is 1.07. The predicted molar refractivity (Wildman–Crippen MR) is 72.6 cm³/mol. The molecule has 0 atom stereocenters. The van der Waals surface area contributed by atoms with Crippen molar-refractivity contribution < 1.29 is 12.6 Å². The third-order valence-corrected chi connectivity index (χ3v) is 6.05. The molecule has 0 amide bonds. The van der Waals surface area contributed by atoms with E-state index in [1.165, 1.54) is 0 Å². The molecule has 0 fully saturated rings. The summed E-state index contributed by atoms with van der Waals surface area (Å²) in [6.45, 7) is 1.93.